The highest BCUT2D eigenvalue weighted by Gasteiger charge is 2.07. The Morgan fingerprint density at radius 1 is 1.32 bits per heavy atom. The van der Waals surface area contributed by atoms with Gasteiger partial charge in [0.1, 0.15) is 5.75 Å². The third kappa shape index (κ3) is 6.13. The maximum Gasteiger partial charge on any atom is 0.142 e. The van der Waals surface area contributed by atoms with Gasteiger partial charge in [-0.15, -0.1) is 6.58 Å². The molecule has 0 fully saturated rings. The van der Waals surface area contributed by atoms with E-state index in [9.17, 15) is 0 Å². The number of para-hydroxylation sites is 1. The van der Waals surface area contributed by atoms with Crippen LogP contribution in [0.5, 0.6) is 5.75 Å². The monoisotopic (exact) mass is 281 g/mol. The van der Waals surface area contributed by atoms with Gasteiger partial charge in [0.2, 0.25) is 0 Å². The largest absolute Gasteiger partial charge is 0.492 e. The van der Waals surface area contributed by atoms with Crippen molar-refractivity contribution in [3.8, 4) is 5.75 Å². The van der Waals surface area contributed by atoms with Gasteiger partial charge in [0, 0.05) is 12.1 Å². The zero-order valence-electron chi connectivity index (χ0n) is 11.8. The molecule has 0 saturated heterocycles. The van der Waals surface area contributed by atoms with Crippen molar-refractivity contribution in [3.05, 3.63) is 41.4 Å². The molecule has 0 unspecified atom stereocenters. The van der Waals surface area contributed by atoms with Gasteiger partial charge in [0.25, 0.3) is 0 Å². The topological polar surface area (TPSA) is 21.3 Å². The van der Waals surface area contributed by atoms with E-state index >= 15 is 0 Å². The van der Waals surface area contributed by atoms with E-state index in [4.69, 9.17) is 16.3 Å². The van der Waals surface area contributed by atoms with Crippen LogP contribution >= 0.6 is 11.6 Å². The van der Waals surface area contributed by atoms with Crippen LogP contribution in [-0.2, 0) is 6.54 Å². The molecule has 0 heterocycles. The molecule has 0 aliphatic carbocycles. The lowest BCUT2D eigenvalue weighted by molar-refractivity contribution is 0.302. The molecule has 0 aliphatic heterocycles. The molecule has 106 valence electrons. The average molecular weight is 282 g/mol. The van der Waals surface area contributed by atoms with E-state index < -0.39 is 0 Å². The molecule has 1 N–H and O–H groups in total. The fourth-order valence-electron chi connectivity index (χ4n) is 1.86. The lowest BCUT2D eigenvalue weighted by atomic mass is 10.2. The first kappa shape index (κ1) is 16.1. The van der Waals surface area contributed by atoms with Gasteiger partial charge in [-0.3, -0.25) is 0 Å². The third-order valence-electron chi connectivity index (χ3n) is 2.91. The Hall–Kier alpha value is -0.990. The number of benzene rings is 1. The number of halogens is 1. The van der Waals surface area contributed by atoms with E-state index in [0.29, 0.717) is 5.02 Å². The van der Waals surface area contributed by atoms with Crippen molar-refractivity contribution < 1.29 is 4.74 Å². The molecule has 1 aromatic carbocycles. The predicted molar refractivity (Wildman–Crippen MR) is 83.0 cm³/mol. The van der Waals surface area contributed by atoms with Crippen LogP contribution in [0.15, 0.2) is 30.9 Å². The zero-order valence-corrected chi connectivity index (χ0v) is 12.5. The second-order valence-electron chi connectivity index (χ2n) is 4.49. The van der Waals surface area contributed by atoms with E-state index in [1.54, 1.807) is 0 Å². The van der Waals surface area contributed by atoms with Crippen LogP contribution in [0.3, 0.4) is 0 Å². The molecule has 0 radical (unpaired) electrons. The summed E-state index contributed by atoms with van der Waals surface area (Å²) in [6.07, 6.45) is 6.44. The van der Waals surface area contributed by atoms with Crippen molar-refractivity contribution in [2.24, 2.45) is 0 Å². The fourth-order valence-corrected chi connectivity index (χ4v) is 2.10. The Bertz CT molecular complexity index is 379. The fraction of sp³-hybridized carbons (Fsp3) is 0.500. The van der Waals surface area contributed by atoms with Gasteiger partial charge in [-0.05, 0) is 38.3 Å². The number of ether oxygens (including phenoxy) is 1. The van der Waals surface area contributed by atoms with Gasteiger partial charge in [0.05, 0.1) is 11.6 Å². The van der Waals surface area contributed by atoms with Crippen LogP contribution < -0.4 is 10.1 Å². The maximum atomic E-state index is 6.20. The molecule has 0 atom stereocenters. The molecule has 2 nitrogen and oxygen atoms in total. The highest BCUT2D eigenvalue weighted by Crippen LogP contribution is 2.28. The summed E-state index contributed by atoms with van der Waals surface area (Å²) in [7, 11) is 0. The molecule has 0 aliphatic rings. The van der Waals surface area contributed by atoms with E-state index in [0.717, 1.165) is 43.9 Å². The second-order valence-corrected chi connectivity index (χ2v) is 4.90. The summed E-state index contributed by atoms with van der Waals surface area (Å²) in [5.41, 5.74) is 1.13. The first-order valence-electron chi connectivity index (χ1n) is 7.01. The summed E-state index contributed by atoms with van der Waals surface area (Å²) in [4.78, 5) is 0. The van der Waals surface area contributed by atoms with Crippen molar-refractivity contribution >= 4 is 11.6 Å². The minimum atomic E-state index is 0.696. The molecule has 0 amide bonds. The van der Waals surface area contributed by atoms with Gasteiger partial charge >= 0.3 is 0 Å². The zero-order chi connectivity index (χ0) is 13.9. The Morgan fingerprint density at radius 3 is 2.89 bits per heavy atom. The smallest absolute Gasteiger partial charge is 0.142 e. The van der Waals surface area contributed by atoms with Crippen molar-refractivity contribution in [1.82, 2.24) is 5.32 Å². The van der Waals surface area contributed by atoms with Crippen LogP contribution in [-0.4, -0.2) is 13.2 Å². The summed E-state index contributed by atoms with van der Waals surface area (Å²) < 4.78 is 5.85. The summed E-state index contributed by atoms with van der Waals surface area (Å²) >= 11 is 6.20. The van der Waals surface area contributed by atoms with Crippen LogP contribution in [0.1, 0.15) is 38.2 Å². The average Bonchev–Trinajstić information content (AvgIpc) is 2.42. The first-order valence-corrected chi connectivity index (χ1v) is 7.39. The van der Waals surface area contributed by atoms with E-state index in [1.165, 1.54) is 12.8 Å². The second kappa shape index (κ2) is 9.88. The standard InChI is InChI=1S/C16H24ClNO/c1-3-5-6-7-8-12-19-16-14(13-18-4-2)10-9-11-15(16)17/h3,9-11,18H,1,4-8,12-13H2,2H3. The lowest BCUT2D eigenvalue weighted by Gasteiger charge is -2.13. The number of hydrogen-bond acceptors (Lipinski definition) is 2. The summed E-state index contributed by atoms with van der Waals surface area (Å²) in [6.45, 7) is 8.26. The lowest BCUT2D eigenvalue weighted by Crippen LogP contribution is -2.13. The third-order valence-corrected chi connectivity index (χ3v) is 3.21. The maximum absolute atomic E-state index is 6.20. The van der Waals surface area contributed by atoms with E-state index in [2.05, 4.69) is 24.9 Å². The molecule has 0 saturated carbocycles. The summed E-state index contributed by atoms with van der Waals surface area (Å²) in [6, 6.07) is 5.90. The Labute approximate surface area is 121 Å². The van der Waals surface area contributed by atoms with E-state index in [1.807, 2.05) is 18.2 Å². The number of rotatable bonds is 10. The van der Waals surface area contributed by atoms with Gasteiger partial charge in [-0.2, -0.15) is 0 Å². The molecular weight excluding hydrogens is 258 g/mol. The Kier molecular flexibility index (Phi) is 8.35. The van der Waals surface area contributed by atoms with Gasteiger partial charge < -0.3 is 10.1 Å². The van der Waals surface area contributed by atoms with Crippen molar-refractivity contribution in [1.29, 1.82) is 0 Å². The van der Waals surface area contributed by atoms with Crippen LogP contribution in [0.4, 0.5) is 0 Å². The molecule has 0 aromatic heterocycles. The molecule has 1 rings (SSSR count). The minimum Gasteiger partial charge on any atom is -0.492 e. The Balaban J connectivity index is 2.44. The highest BCUT2D eigenvalue weighted by molar-refractivity contribution is 6.32. The normalized spacial score (nSPS) is 10.4. The molecular formula is C16H24ClNO. The van der Waals surface area contributed by atoms with Gasteiger partial charge in [0.15, 0.2) is 0 Å². The Morgan fingerprint density at radius 2 is 2.16 bits per heavy atom. The van der Waals surface area contributed by atoms with Crippen LogP contribution in [0.2, 0.25) is 5.02 Å². The van der Waals surface area contributed by atoms with Gasteiger partial charge in [-0.25, -0.2) is 0 Å². The van der Waals surface area contributed by atoms with Crippen molar-refractivity contribution in [2.75, 3.05) is 13.2 Å². The first-order chi connectivity index (χ1) is 9.29. The number of allylic oxidation sites excluding steroid dienone is 1. The van der Waals surface area contributed by atoms with Crippen LogP contribution in [0.25, 0.3) is 0 Å². The van der Waals surface area contributed by atoms with E-state index in [-0.39, 0.29) is 0 Å². The van der Waals surface area contributed by atoms with Gasteiger partial charge in [-0.1, -0.05) is 36.7 Å². The molecule has 3 heteroatoms. The highest BCUT2D eigenvalue weighted by atomic mass is 35.5. The predicted octanol–water partition coefficient (Wildman–Crippen LogP) is 4.57. The number of hydrogen-bond donors (Lipinski definition) is 1. The SMILES string of the molecule is C=CCCCCCOc1c(Cl)cccc1CNCC. The quantitative estimate of drug-likeness (QED) is 0.501. The number of nitrogens with one attached hydrogen (secondary N) is 1. The molecule has 19 heavy (non-hydrogen) atoms. The molecule has 1 aromatic rings. The molecule has 0 bridgehead atoms. The summed E-state index contributed by atoms with van der Waals surface area (Å²) in [5.74, 6) is 0.828. The van der Waals surface area contributed by atoms with Crippen LogP contribution in [0, 0.1) is 0 Å². The number of unbranched alkanes of at least 4 members (excludes halogenated alkanes) is 3. The molecule has 0 spiro atoms. The minimum absolute atomic E-state index is 0.696. The summed E-state index contributed by atoms with van der Waals surface area (Å²) in [5, 5.41) is 4.00. The van der Waals surface area contributed by atoms with Crippen molar-refractivity contribution in [3.63, 3.8) is 0 Å². The van der Waals surface area contributed by atoms with Crippen molar-refractivity contribution in [2.45, 2.75) is 39.2 Å².